The number of hydrogen-bond acceptors (Lipinski definition) is 4. The number of carbonyl (C=O) groups is 3. The van der Waals surface area contributed by atoms with E-state index in [1.54, 1.807) is 36.3 Å². The van der Waals surface area contributed by atoms with Gasteiger partial charge in [-0.1, -0.05) is 41.9 Å². The van der Waals surface area contributed by atoms with E-state index in [2.05, 4.69) is 10.6 Å². The highest BCUT2D eigenvalue weighted by atomic mass is 35.5. The molecule has 10 heteroatoms. The SMILES string of the molecule is CNC(=O)n1cc(NC(=O)N2[C@@H]3C[C@@H]3C[C@H]2C(=O)C[C@H](CN(C)C)c2cccc(Cl)c2F)c2ccccc21. The van der Waals surface area contributed by atoms with Gasteiger partial charge in [0.05, 0.1) is 22.3 Å². The maximum absolute atomic E-state index is 14.9. The number of likely N-dealkylation sites (tertiary alicyclic amines) is 1. The van der Waals surface area contributed by atoms with Crippen LogP contribution in [0.5, 0.6) is 0 Å². The fourth-order valence-electron chi connectivity index (χ4n) is 5.71. The van der Waals surface area contributed by atoms with Gasteiger partial charge in [0.25, 0.3) is 0 Å². The van der Waals surface area contributed by atoms with E-state index in [0.717, 1.165) is 11.8 Å². The summed E-state index contributed by atoms with van der Waals surface area (Å²) in [4.78, 5) is 43.1. The Labute approximate surface area is 225 Å². The van der Waals surface area contributed by atoms with Crippen LogP contribution in [0.25, 0.3) is 10.9 Å². The lowest BCUT2D eigenvalue weighted by molar-refractivity contribution is -0.123. The number of nitrogens with one attached hydrogen (secondary N) is 2. The van der Waals surface area contributed by atoms with E-state index >= 15 is 0 Å². The van der Waals surface area contributed by atoms with Gasteiger partial charge in [-0.2, -0.15) is 0 Å². The van der Waals surface area contributed by atoms with Crippen LogP contribution in [0.4, 0.5) is 19.7 Å². The van der Waals surface area contributed by atoms with Crippen LogP contribution < -0.4 is 10.6 Å². The van der Waals surface area contributed by atoms with Crippen molar-refractivity contribution in [1.29, 1.82) is 0 Å². The van der Waals surface area contributed by atoms with Gasteiger partial charge in [0.1, 0.15) is 5.82 Å². The number of benzene rings is 2. The van der Waals surface area contributed by atoms with Gasteiger partial charge in [-0.3, -0.25) is 9.36 Å². The summed E-state index contributed by atoms with van der Waals surface area (Å²) in [6.07, 6.45) is 3.15. The lowest BCUT2D eigenvalue weighted by Gasteiger charge is -2.29. The summed E-state index contributed by atoms with van der Waals surface area (Å²) in [7, 11) is 5.29. The van der Waals surface area contributed by atoms with Gasteiger partial charge in [0.15, 0.2) is 5.78 Å². The molecule has 1 saturated heterocycles. The Balaban J connectivity index is 1.38. The van der Waals surface area contributed by atoms with Crippen molar-refractivity contribution < 1.29 is 18.8 Å². The maximum Gasteiger partial charge on any atom is 0.325 e. The zero-order chi connectivity index (χ0) is 27.1. The van der Waals surface area contributed by atoms with Crippen LogP contribution in [0.3, 0.4) is 0 Å². The third kappa shape index (κ3) is 4.88. The number of para-hydroxylation sites is 1. The van der Waals surface area contributed by atoms with E-state index in [9.17, 15) is 18.8 Å². The molecule has 0 radical (unpaired) electrons. The van der Waals surface area contributed by atoms with Crippen LogP contribution in [0.15, 0.2) is 48.7 Å². The predicted molar refractivity (Wildman–Crippen MR) is 145 cm³/mol. The molecular weight excluding hydrogens is 509 g/mol. The van der Waals surface area contributed by atoms with Gasteiger partial charge < -0.3 is 20.4 Å². The predicted octanol–water partition coefficient (Wildman–Crippen LogP) is 4.92. The Morgan fingerprint density at radius 1 is 1.11 bits per heavy atom. The maximum atomic E-state index is 14.9. The van der Waals surface area contributed by atoms with Crippen molar-refractivity contribution in [2.45, 2.75) is 37.3 Å². The molecular formula is C28H31ClFN5O3. The lowest BCUT2D eigenvalue weighted by atomic mass is 9.89. The minimum atomic E-state index is -0.585. The first-order valence-electron chi connectivity index (χ1n) is 12.7. The van der Waals surface area contributed by atoms with Crippen LogP contribution in [0, 0.1) is 11.7 Å². The highest BCUT2D eigenvalue weighted by molar-refractivity contribution is 6.30. The van der Waals surface area contributed by atoms with Crippen LogP contribution in [-0.4, -0.2) is 72.0 Å². The number of nitrogens with zero attached hydrogens (tertiary/aromatic N) is 3. The van der Waals surface area contributed by atoms with Gasteiger partial charge in [-0.05, 0) is 50.6 Å². The molecule has 200 valence electrons. The highest BCUT2D eigenvalue weighted by Crippen LogP contribution is 2.49. The number of rotatable bonds is 7. The third-order valence-corrected chi connectivity index (χ3v) is 7.84. The van der Waals surface area contributed by atoms with Crippen molar-refractivity contribution >= 4 is 46.0 Å². The fourth-order valence-corrected chi connectivity index (χ4v) is 5.89. The molecule has 2 fully saturated rings. The Morgan fingerprint density at radius 3 is 2.61 bits per heavy atom. The van der Waals surface area contributed by atoms with Crippen LogP contribution in [-0.2, 0) is 4.79 Å². The molecule has 2 aliphatic rings. The lowest BCUT2D eigenvalue weighted by Crippen LogP contribution is -2.45. The second-order valence-corrected chi connectivity index (χ2v) is 10.8. The molecule has 5 rings (SSSR count). The first-order valence-corrected chi connectivity index (χ1v) is 13.1. The Hall–Kier alpha value is -3.43. The third-order valence-electron chi connectivity index (χ3n) is 7.55. The number of urea groups is 1. The summed E-state index contributed by atoms with van der Waals surface area (Å²) in [6, 6.07) is 10.9. The molecule has 2 N–H and O–H groups in total. The molecule has 0 bridgehead atoms. The number of piperidine rings is 1. The Kier molecular flexibility index (Phi) is 7.15. The second kappa shape index (κ2) is 10.4. The van der Waals surface area contributed by atoms with Gasteiger partial charge >= 0.3 is 12.1 Å². The first kappa shape index (κ1) is 26.2. The summed E-state index contributed by atoms with van der Waals surface area (Å²) in [5.41, 5.74) is 1.56. The molecule has 0 spiro atoms. The van der Waals surface area contributed by atoms with Crippen molar-refractivity contribution in [2.24, 2.45) is 5.92 Å². The molecule has 3 amide bonds. The van der Waals surface area contributed by atoms with E-state index in [4.69, 9.17) is 11.6 Å². The molecule has 3 aromatic rings. The fraction of sp³-hybridized carbons (Fsp3) is 0.393. The molecule has 8 nitrogen and oxygen atoms in total. The van der Waals surface area contributed by atoms with Crippen molar-refractivity contribution in [1.82, 2.24) is 19.7 Å². The van der Waals surface area contributed by atoms with E-state index in [-0.39, 0.29) is 41.2 Å². The van der Waals surface area contributed by atoms with E-state index in [0.29, 0.717) is 29.7 Å². The average molecular weight is 540 g/mol. The summed E-state index contributed by atoms with van der Waals surface area (Å²) in [6.45, 7) is 0.466. The first-order chi connectivity index (χ1) is 18.2. The van der Waals surface area contributed by atoms with Gasteiger partial charge in [0, 0.05) is 43.6 Å². The average Bonchev–Trinajstić information content (AvgIpc) is 3.40. The molecule has 2 aromatic carbocycles. The Morgan fingerprint density at radius 2 is 1.87 bits per heavy atom. The van der Waals surface area contributed by atoms with E-state index in [1.165, 1.54) is 10.6 Å². The van der Waals surface area contributed by atoms with E-state index in [1.807, 2.05) is 37.2 Å². The van der Waals surface area contributed by atoms with Crippen molar-refractivity contribution in [3.63, 3.8) is 0 Å². The molecule has 1 aliphatic heterocycles. The normalized spacial score (nSPS) is 20.9. The van der Waals surface area contributed by atoms with Gasteiger partial charge in [0.2, 0.25) is 0 Å². The summed E-state index contributed by atoms with van der Waals surface area (Å²) < 4.78 is 16.3. The number of hydrogen-bond donors (Lipinski definition) is 2. The van der Waals surface area contributed by atoms with Gasteiger partial charge in [-0.25, -0.2) is 14.0 Å². The number of Topliss-reactive ketones (excluding diaryl/α,β-unsaturated/α-hetero) is 1. The highest BCUT2D eigenvalue weighted by Gasteiger charge is 2.56. The Bertz CT molecular complexity index is 1410. The van der Waals surface area contributed by atoms with Gasteiger partial charge in [-0.15, -0.1) is 0 Å². The largest absolute Gasteiger partial charge is 0.340 e. The smallest absolute Gasteiger partial charge is 0.325 e. The number of ketones is 1. The van der Waals surface area contributed by atoms with Crippen molar-refractivity contribution in [3.05, 3.63) is 65.1 Å². The number of amides is 3. The number of likely N-dealkylation sites (N-methyl/N-ethyl adjacent to an activating group) is 1. The topological polar surface area (TPSA) is 86.7 Å². The number of aromatic nitrogens is 1. The monoisotopic (exact) mass is 539 g/mol. The molecule has 0 unspecified atom stereocenters. The minimum absolute atomic E-state index is 0.00597. The molecule has 1 aliphatic carbocycles. The molecule has 2 heterocycles. The second-order valence-electron chi connectivity index (χ2n) is 10.4. The number of carbonyl (C=O) groups excluding carboxylic acids is 3. The quantitative estimate of drug-likeness (QED) is 0.446. The molecule has 4 atom stereocenters. The van der Waals surface area contributed by atoms with Crippen LogP contribution in [0.2, 0.25) is 5.02 Å². The standard InChI is InChI=1S/C28H31ClFN5O3/c1-31-27(37)34-15-21(19-7-4-5-10-22(19)34)32-28(38)35-23-11-16(23)12-24(35)25(36)13-17(14-33(2)3)18-8-6-9-20(29)26(18)30/h4-10,15-17,23-24H,11-14H2,1-3H3,(H,31,37)(H,32,38)/t16-,17-,23-,24+/m1/s1. The van der Waals surface area contributed by atoms with Crippen molar-refractivity contribution in [3.8, 4) is 0 Å². The molecule has 1 saturated carbocycles. The summed E-state index contributed by atoms with van der Waals surface area (Å²) in [5, 5.41) is 6.30. The zero-order valence-corrected chi connectivity index (χ0v) is 22.3. The van der Waals surface area contributed by atoms with Crippen LogP contribution >= 0.6 is 11.6 Å². The van der Waals surface area contributed by atoms with Crippen LogP contribution in [0.1, 0.15) is 30.7 Å². The van der Waals surface area contributed by atoms with Crippen molar-refractivity contribution in [2.75, 3.05) is 33.0 Å². The zero-order valence-electron chi connectivity index (χ0n) is 21.6. The molecule has 38 heavy (non-hydrogen) atoms. The molecule has 1 aromatic heterocycles. The number of fused-ring (bicyclic) bond motifs is 2. The summed E-state index contributed by atoms with van der Waals surface area (Å²) >= 11 is 6.04. The number of anilines is 1. The summed E-state index contributed by atoms with van der Waals surface area (Å²) in [5.74, 6) is -0.711. The number of halogens is 2. The van der Waals surface area contributed by atoms with E-state index < -0.39 is 17.8 Å². The minimum Gasteiger partial charge on any atom is -0.340 e.